The van der Waals surface area contributed by atoms with Gasteiger partial charge in [0.15, 0.2) is 0 Å². The molecule has 2 rings (SSSR count). The van der Waals surface area contributed by atoms with Crippen LogP contribution in [0, 0.1) is 5.82 Å². The minimum Gasteiger partial charge on any atom is -0.393 e. The molecule has 0 fully saturated rings. The van der Waals surface area contributed by atoms with E-state index in [-0.39, 0.29) is 24.1 Å². The van der Waals surface area contributed by atoms with Crippen LogP contribution in [0.15, 0.2) is 54.6 Å². The second kappa shape index (κ2) is 9.18. The van der Waals surface area contributed by atoms with Crippen molar-refractivity contribution in [2.45, 2.75) is 38.2 Å². The van der Waals surface area contributed by atoms with E-state index in [0.29, 0.717) is 24.9 Å². The predicted octanol–water partition coefficient (Wildman–Crippen LogP) is 3.43. The molecule has 0 saturated carbocycles. The lowest BCUT2D eigenvalue weighted by Gasteiger charge is -2.19. The Morgan fingerprint density at radius 3 is 2.46 bits per heavy atom. The van der Waals surface area contributed by atoms with E-state index in [0.717, 1.165) is 5.56 Å². The van der Waals surface area contributed by atoms with E-state index >= 15 is 0 Å². The third-order valence-corrected chi connectivity index (χ3v) is 4.02. The molecule has 2 atom stereocenters. The highest BCUT2D eigenvalue weighted by Gasteiger charge is 2.15. The number of hydrogen-bond donors (Lipinski definition) is 2. The third-order valence-electron chi connectivity index (χ3n) is 4.02. The molecule has 2 unspecified atom stereocenters. The molecule has 0 spiro atoms. The highest BCUT2D eigenvalue weighted by molar-refractivity contribution is 5.76. The van der Waals surface area contributed by atoms with Crippen molar-refractivity contribution in [2.24, 2.45) is 0 Å². The van der Waals surface area contributed by atoms with Crippen molar-refractivity contribution in [3.8, 4) is 0 Å². The molecule has 3 nitrogen and oxygen atoms in total. The zero-order valence-electron chi connectivity index (χ0n) is 13.9. The van der Waals surface area contributed by atoms with Crippen molar-refractivity contribution in [1.29, 1.82) is 0 Å². The second-order valence-electron chi connectivity index (χ2n) is 6.09. The molecule has 0 aliphatic rings. The minimum atomic E-state index is -0.439. The summed E-state index contributed by atoms with van der Waals surface area (Å²) in [4.78, 5) is 12.1. The maximum Gasteiger partial charge on any atom is 0.220 e. The molecule has 2 aromatic carbocycles. The Labute approximate surface area is 142 Å². The number of amides is 1. The monoisotopic (exact) mass is 329 g/mol. The number of hydrogen-bond acceptors (Lipinski definition) is 2. The summed E-state index contributed by atoms with van der Waals surface area (Å²) in [6.07, 6.45) is 0.769. The van der Waals surface area contributed by atoms with Crippen LogP contribution in [0.2, 0.25) is 0 Å². The first-order chi connectivity index (χ1) is 11.6. The zero-order valence-corrected chi connectivity index (χ0v) is 13.9. The fraction of sp³-hybridized carbons (Fsp3) is 0.350. The molecule has 0 bridgehead atoms. The number of carbonyl (C=O) groups is 1. The standard InChI is InChI=1S/C20H24FNO2/c1-15(23)13-18(16-7-3-2-4-8-16)14-22-20(24)12-11-17-9-5-6-10-19(17)21/h2-10,15,18,23H,11-14H2,1H3,(H,22,24). The van der Waals surface area contributed by atoms with Crippen LogP contribution in [-0.2, 0) is 11.2 Å². The van der Waals surface area contributed by atoms with Gasteiger partial charge in [-0.2, -0.15) is 0 Å². The maximum absolute atomic E-state index is 13.6. The van der Waals surface area contributed by atoms with Crippen LogP contribution < -0.4 is 5.32 Å². The highest BCUT2D eigenvalue weighted by atomic mass is 19.1. The van der Waals surface area contributed by atoms with Crippen molar-refractivity contribution in [1.82, 2.24) is 5.32 Å². The summed E-state index contributed by atoms with van der Waals surface area (Å²) in [5.41, 5.74) is 1.64. The van der Waals surface area contributed by atoms with Crippen LogP contribution in [0.4, 0.5) is 4.39 Å². The van der Waals surface area contributed by atoms with Crippen LogP contribution in [0.1, 0.15) is 36.8 Å². The zero-order chi connectivity index (χ0) is 17.4. The van der Waals surface area contributed by atoms with Gasteiger partial charge in [0.25, 0.3) is 0 Å². The Morgan fingerprint density at radius 1 is 1.12 bits per heavy atom. The SMILES string of the molecule is CC(O)CC(CNC(=O)CCc1ccccc1F)c1ccccc1. The molecular formula is C20H24FNO2. The average Bonchev–Trinajstić information content (AvgIpc) is 2.58. The summed E-state index contributed by atoms with van der Waals surface area (Å²) in [6, 6.07) is 16.3. The summed E-state index contributed by atoms with van der Waals surface area (Å²) in [6.45, 7) is 2.21. The van der Waals surface area contributed by atoms with Gasteiger partial charge in [-0.25, -0.2) is 4.39 Å². The Morgan fingerprint density at radius 2 is 1.79 bits per heavy atom. The summed E-state index contributed by atoms with van der Waals surface area (Å²) in [5, 5.41) is 12.6. The number of aliphatic hydroxyl groups is 1. The molecule has 4 heteroatoms. The normalized spacial score (nSPS) is 13.3. The summed E-state index contributed by atoms with van der Waals surface area (Å²) in [7, 11) is 0. The summed E-state index contributed by atoms with van der Waals surface area (Å²) < 4.78 is 13.6. The van der Waals surface area contributed by atoms with Crippen LogP contribution in [-0.4, -0.2) is 23.7 Å². The number of halogens is 1. The van der Waals surface area contributed by atoms with Gasteiger partial charge in [0.05, 0.1) is 6.10 Å². The summed E-state index contributed by atoms with van der Waals surface area (Å²) in [5.74, 6) is -0.324. The van der Waals surface area contributed by atoms with Crippen molar-refractivity contribution in [3.05, 3.63) is 71.5 Å². The Kier molecular flexibility index (Phi) is 6.94. The van der Waals surface area contributed by atoms with Crippen molar-refractivity contribution in [2.75, 3.05) is 6.54 Å². The number of aliphatic hydroxyl groups excluding tert-OH is 1. The van der Waals surface area contributed by atoms with E-state index in [1.165, 1.54) is 6.07 Å². The van der Waals surface area contributed by atoms with Gasteiger partial charge >= 0.3 is 0 Å². The third kappa shape index (κ3) is 5.78. The molecule has 0 saturated heterocycles. The van der Waals surface area contributed by atoms with E-state index in [1.807, 2.05) is 30.3 Å². The molecule has 0 aliphatic heterocycles. The predicted molar refractivity (Wildman–Crippen MR) is 93.2 cm³/mol. The van der Waals surface area contributed by atoms with E-state index in [4.69, 9.17) is 0 Å². The van der Waals surface area contributed by atoms with Gasteiger partial charge < -0.3 is 10.4 Å². The van der Waals surface area contributed by atoms with Gasteiger partial charge in [-0.15, -0.1) is 0 Å². The van der Waals surface area contributed by atoms with E-state index in [2.05, 4.69) is 5.32 Å². The summed E-state index contributed by atoms with van der Waals surface area (Å²) >= 11 is 0. The average molecular weight is 329 g/mol. The number of benzene rings is 2. The van der Waals surface area contributed by atoms with Gasteiger partial charge in [0.2, 0.25) is 5.91 Å². The first-order valence-electron chi connectivity index (χ1n) is 8.29. The van der Waals surface area contributed by atoms with Crippen LogP contribution in [0.5, 0.6) is 0 Å². The molecule has 0 radical (unpaired) electrons. The fourth-order valence-electron chi connectivity index (χ4n) is 2.75. The van der Waals surface area contributed by atoms with Gasteiger partial charge in [-0.05, 0) is 37.0 Å². The lowest BCUT2D eigenvalue weighted by atomic mass is 9.93. The smallest absolute Gasteiger partial charge is 0.220 e. The largest absolute Gasteiger partial charge is 0.393 e. The lowest BCUT2D eigenvalue weighted by Crippen LogP contribution is -2.30. The van der Waals surface area contributed by atoms with Crippen LogP contribution >= 0.6 is 0 Å². The van der Waals surface area contributed by atoms with Crippen LogP contribution in [0.25, 0.3) is 0 Å². The first kappa shape index (κ1) is 18.1. The molecule has 1 amide bonds. The van der Waals surface area contributed by atoms with Crippen molar-refractivity contribution >= 4 is 5.91 Å². The van der Waals surface area contributed by atoms with E-state index < -0.39 is 6.10 Å². The number of carbonyl (C=O) groups excluding carboxylic acids is 1. The molecular weight excluding hydrogens is 305 g/mol. The van der Waals surface area contributed by atoms with Crippen LogP contribution in [0.3, 0.4) is 0 Å². The van der Waals surface area contributed by atoms with Gasteiger partial charge in [-0.1, -0.05) is 48.5 Å². The van der Waals surface area contributed by atoms with Gasteiger partial charge in [0, 0.05) is 18.9 Å². The fourth-order valence-corrected chi connectivity index (χ4v) is 2.75. The minimum absolute atomic E-state index is 0.0589. The van der Waals surface area contributed by atoms with Crippen molar-refractivity contribution < 1.29 is 14.3 Å². The molecule has 2 aromatic rings. The number of rotatable bonds is 8. The van der Waals surface area contributed by atoms with Gasteiger partial charge in [-0.3, -0.25) is 4.79 Å². The van der Waals surface area contributed by atoms with Crippen molar-refractivity contribution in [3.63, 3.8) is 0 Å². The number of nitrogens with one attached hydrogen (secondary N) is 1. The lowest BCUT2D eigenvalue weighted by molar-refractivity contribution is -0.121. The Bertz CT molecular complexity index is 643. The molecule has 2 N–H and O–H groups in total. The quantitative estimate of drug-likeness (QED) is 0.779. The highest BCUT2D eigenvalue weighted by Crippen LogP contribution is 2.20. The maximum atomic E-state index is 13.6. The Balaban J connectivity index is 1.87. The van der Waals surface area contributed by atoms with Gasteiger partial charge in [0.1, 0.15) is 5.82 Å². The molecule has 0 aromatic heterocycles. The molecule has 24 heavy (non-hydrogen) atoms. The molecule has 128 valence electrons. The molecule has 0 aliphatic carbocycles. The van der Waals surface area contributed by atoms with E-state index in [1.54, 1.807) is 25.1 Å². The number of aryl methyl sites for hydroxylation is 1. The molecule has 0 heterocycles. The Hall–Kier alpha value is -2.20. The van der Waals surface area contributed by atoms with E-state index in [9.17, 15) is 14.3 Å². The first-order valence-corrected chi connectivity index (χ1v) is 8.29. The topological polar surface area (TPSA) is 49.3 Å². The second-order valence-corrected chi connectivity index (χ2v) is 6.09.